The number of nitrogens with zero attached hydrogens (tertiary/aromatic N) is 4. The van der Waals surface area contributed by atoms with Crippen molar-refractivity contribution in [1.29, 1.82) is 0 Å². The number of hydrogen-bond donors (Lipinski definition) is 2. The van der Waals surface area contributed by atoms with Crippen LogP contribution in [0.1, 0.15) is 18.4 Å². The summed E-state index contributed by atoms with van der Waals surface area (Å²) in [7, 11) is 0. The first-order chi connectivity index (χ1) is 16.8. The van der Waals surface area contributed by atoms with Crippen LogP contribution in [0.4, 0.5) is 26.3 Å². The van der Waals surface area contributed by atoms with E-state index in [4.69, 9.17) is 24.5 Å². The number of hydrogen-bond acceptors (Lipinski definition) is 6. The fraction of sp³-hybridized carbons (Fsp3) is 0.524. The van der Waals surface area contributed by atoms with Gasteiger partial charge in [-0.05, 0) is 30.5 Å². The van der Waals surface area contributed by atoms with Crippen LogP contribution < -0.4 is 0 Å². The van der Waals surface area contributed by atoms with E-state index in [-0.39, 0.29) is 0 Å². The molecule has 9 nitrogen and oxygen atoms in total. The third kappa shape index (κ3) is 9.11. The number of carboxylic acids is 2. The highest BCUT2D eigenvalue weighted by atomic mass is 19.4. The molecule has 15 heteroatoms. The van der Waals surface area contributed by atoms with Crippen LogP contribution >= 0.6 is 0 Å². The van der Waals surface area contributed by atoms with Gasteiger partial charge in [-0.15, -0.1) is 0 Å². The van der Waals surface area contributed by atoms with E-state index in [1.165, 1.54) is 18.4 Å². The third-order valence-corrected chi connectivity index (χ3v) is 5.41. The molecule has 3 heterocycles. The van der Waals surface area contributed by atoms with Crippen LogP contribution in [0.25, 0.3) is 0 Å². The number of aromatic nitrogens is 3. The second-order valence-corrected chi connectivity index (χ2v) is 7.91. The van der Waals surface area contributed by atoms with E-state index >= 15 is 0 Å². The van der Waals surface area contributed by atoms with E-state index in [0.717, 1.165) is 26.2 Å². The Morgan fingerprint density at radius 3 is 2.17 bits per heavy atom. The molecular formula is C21H24F6N4O5. The number of alkyl halides is 6. The molecule has 200 valence electrons. The van der Waals surface area contributed by atoms with Gasteiger partial charge in [-0.25, -0.2) is 9.59 Å². The molecule has 1 saturated heterocycles. The Morgan fingerprint density at radius 1 is 1.03 bits per heavy atom. The standard InChI is InChI=1S/C17H22N4O.2C2HF3O2/c1-3-14(11-18-6-1)12-20-9-10-22-17-15(4-5-16(17)20)13-21-8-2-7-19-21;2*3-2(4,5)1(6)7/h1-3,6-8,11,15-17H,4-5,9-10,12-13H2;2*(H,6,7)/t15?,16-,17-;;/m0../s1. The van der Waals surface area contributed by atoms with Crippen LogP contribution in [0.2, 0.25) is 0 Å². The van der Waals surface area contributed by atoms with Crippen molar-refractivity contribution < 1.29 is 50.9 Å². The van der Waals surface area contributed by atoms with Gasteiger partial charge < -0.3 is 14.9 Å². The van der Waals surface area contributed by atoms with Gasteiger partial charge in [0.15, 0.2) is 0 Å². The summed E-state index contributed by atoms with van der Waals surface area (Å²) < 4.78 is 71.6. The van der Waals surface area contributed by atoms with E-state index in [1.807, 2.05) is 41.6 Å². The number of carbonyl (C=O) groups is 2. The van der Waals surface area contributed by atoms with Crippen LogP contribution in [0.3, 0.4) is 0 Å². The van der Waals surface area contributed by atoms with Gasteiger partial charge in [0.1, 0.15) is 0 Å². The fourth-order valence-corrected chi connectivity index (χ4v) is 3.90. The molecule has 2 N–H and O–H groups in total. The summed E-state index contributed by atoms with van der Waals surface area (Å²) in [5.41, 5.74) is 1.29. The molecule has 2 aromatic heterocycles. The minimum Gasteiger partial charge on any atom is -0.475 e. The van der Waals surface area contributed by atoms with Gasteiger partial charge in [-0.1, -0.05) is 6.07 Å². The van der Waals surface area contributed by atoms with Crippen LogP contribution in [-0.4, -0.2) is 79.5 Å². The first-order valence-corrected chi connectivity index (χ1v) is 10.6. The lowest BCUT2D eigenvalue weighted by Crippen LogP contribution is -2.50. The highest BCUT2D eigenvalue weighted by Crippen LogP contribution is 2.36. The molecule has 1 saturated carbocycles. The largest absolute Gasteiger partial charge is 0.490 e. The SMILES string of the molecule is O=C(O)C(F)(F)F.O=C(O)C(F)(F)F.c1cncc(CN2CCO[C@H]3C(Cn4cccn4)CC[C@@H]32)c1. The zero-order valence-electron chi connectivity index (χ0n) is 18.7. The van der Waals surface area contributed by atoms with E-state index in [1.54, 1.807) is 0 Å². The van der Waals surface area contributed by atoms with Crippen molar-refractivity contribution in [2.45, 2.75) is 50.4 Å². The predicted octanol–water partition coefficient (Wildman–Crippen LogP) is 3.22. The first-order valence-electron chi connectivity index (χ1n) is 10.6. The Hall–Kier alpha value is -3.20. The van der Waals surface area contributed by atoms with Crippen molar-refractivity contribution >= 4 is 11.9 Å². The van der Waals surface area contributed by atoms with Crippen molar-refractivity contribution in [3.05, 3.63) is 48.5 Å². The van der Waals surface area contributed by atoms with E-state index in [9.17, 15) is 26.3 Å². The van der Waals surface area contributed by atoms with Gasteiger partial charge >= 0.3 is 24.3 Å². The Bertz CT molecular complexity index is 932. The third-order valence-electron chi connectivity index (χ3n) is 5.41. The lowest BCUT2D eigenvalue weighted by Gasteiger charge is -2.39. The lowest BCUT2D eigenvalue weighted by molar-refractivity contribution is -0.193. The van der Waals surface area contributed by atoms with Crippen molar-refractivity contribution in [3.8, 4) is 0 Å². The number of morpholine rings is 1. The lowest BCUT2D eigenvalue weighted by atomic mass is 10.0. The molecule has 1 aliphatic carbocycles. The summed E-state index contributed by atoms with van der Waals surface area (Å²) in [6.45, 7) is 3.79. The molecule has 2 aromatic rings. The first kappa shape index (κ1) is 29.0. The maximum absolute atomic E-state index is 10.6. The zero-order chi connectivity index (χ0) is 26.9. The van der Waals surface area contributed by atoms with E-state index in [2.05, 4.69) is 21.0 Å². The Morgan fingerprint density at radius 2 is 1.67 bits per heavy atom. The summed E-state index contributed by atoms with van der Waals surface area (Å²) in [5.74, 6) is -4.94. The summed E-state index contributed by atoms with van der Waals surface area (Å²) in [6, 6.07) is 6.70. The fourth-order valence-electron chi connectivity index (χ4n) is 3.90. The molecule has 2 fully saturated rings. The molecule has 0 radical (unpaired) electrons. The Labute approximate surface area is 201 Å². The molecule has 2 aliphatic rings. The van der Waals surface area contributed by atoms with Crippen molar-refractivity contribution in [3.63, 3.8) is 0 Å². The van der Waals surface area contributed by atoms with Gasteiger partial charge in [0.25, 0.3) is 0 Å². The van der Waals surface area contributed by atoms with Gasteiger partial charge in [0.05, 0.1) is 12.7 Å². The van der Waals surface area contributed by atoms with Crippen LogP contribution in [0.5, 0.6) is 0 Å². The van der Waals surface area contributed by atoms with E-state index < -0.39 is 24.3 Å². The van der Waals surface area contributed by atoms with Crippen molar-refractivity contribution in [1.82, 2.24) is 19.7 Å². The highest BCUT2D eigenvalue weighted by Gasteiger charge is 2.42. The average molecular weight is 526 g/mol. The number of halogens is 6. The van der Waals surface area contributed by atoms with Gasteiger partial charge in [0, 0.05) is 56.4 Å². The molecule has 1 unspecified atom stereocenters. The molecule has 0 spiro atoms. The smallest absolute Gasteiger partial charge is 0.475 e. The molecule has 1 aliphatic heterocycles. The summed E-state index contributed by atoms with van der Waals surface area (Å²) >= 11 is 0. The molecule has 0 amide bonds. The Kier molecular flexibility index (Phi) is 10.2. The summed E-state index contributed by atoms with van der Waals surface area (Å²) in [4.78, 5) is 24.6. The highest BCUT2D eigenvalue weighted by molar-refractivity contribution is 5.73. The average Bonchev–Trinajstić information content (AvgIpc) is 3.45. The number of fused-ring (bicyclic) bond motifs is 1. The zero-order valence-corrected chi connectivity index (χ0v) is 18.7. The molecule has 4 rings (SSSR count). The van der Waals surface area contributed by atoms with Gasteiger partial charge in [-0.3, -0.25) is 14.6 Å². The molecule has 0 bridgehead atoms. The minimum atomic E-state index is -5.08. The number of carboxylic acid groups (broad SMARTS) is 2. The summed E-state index contributed by atoms with van der Waals surface area (Å²) in [6.07, 6.45) is 0.318. The number of aliphatic carboxylic acids is 2. The van der Waals surface area contributed by atoms with Crippen LogP contribution in [0.15, 0.2) is 43.0 Å². The maximum Gasteiger partial charge on any atom is 0.490 e. The number of rotatable bonds is 4. The quantitative estimate of drug-likeness (QED) is 0.584. The van der Waals surface area contributed by atoms with Crippen LogP contribution in [-0.2, 0) is 27.4 Å². The monoisotopic (exact) mass is 526 g/mol. The topological polar surface area (TPSA) is 118 Å². The Balaban J connectivity index is 0.000000271. The van der Waals surface area contributed by atoms with Crippen molar-refractivity contribution in [2.75, 3.05) is 13.2 Å². The van der Waals surface area contributed by atoms with Crippen molar-refractivity contribution in [2.24, 2.45) is 5.92 Å². The summed E-state index contributed by atoms with van der Waals surface area (Å²) in [5, 5.41) is 18.6. The molecular weight excluding hydrogens is 502 g/mol. The molecule has 3 atom stereocenters. The number of pyridine rings is 1. The molecule has 36 heavy (non-hydrogen) atoms. The second-order valence-electron chi connectivity index (χ2n) is 7.91. The maximum atomic E-state index is 10.6. The minimum absolute atomic E-state index is 0.342. The second kappa shape index (κ2) is 12.7. The van der Waals surface area contributed by atoms with Gasteiger partial charge in [0.2, 0.25) is 0 Å². The van der Waals surface area contributed by atoms with Gasteiger partial charge in [-0.2, -0.15) is 31.4 Å². The van der Waals surface area contributed by atoms with Crippen LogP contribution in [0, 0.1) is 5.92 Å². The normalized spacial score (nSPS) is 21.9. The molecule has 0 aromatic carbocycles. The predicted molar refractivity (Wildman–Crippen MR) is 111 cm³/mol. The number of ether oxygens (including phenoxy) is 1. The van der Waals surface area contributed by atoms with E-state index in [0.29, 0.717) is 18.1 Å².